The second kappa shape index (κ2) is 7.12. The van der Waals surface area contributed by atoms with E-state index in [0.29, 0.717) is 11.4 Å². The monoisotopic (exact) mass is 439 g/mol. The third-order valence-corrected chi connectivity index (χ3v) is 5.08. The Morgan fingerprint density at radius 3 is 2.43 bits per heavy atom. The molecule has 0 bridgehead atoms. The quantitative estimate of drug-likeness (QED) is 0.486. The molecule has 2 aromatic carbocycles. The highest BCUT2D eigenvalue weighted by atomic mass is 79.9. The molecule has 0 saturated carbocycles. The Labute approximate surface area is 170 Å². The molecule has 0 aliphatic carbocycles. The summed E-state index contributed by atoms with van der Waals surface area (Å²) in [5.41, 5.74) is 3.03. The average molecular weight is 440 g/mol. The second-order valence-corrected chi connectivity index (χ2v) is 7.32. The lowest BCUT2D eigenvalue weighted by molar-refractivity contribution is 0.0827. The molecule has 2 heterocycles. The lowest BCUT2D eigenvalue weighted by Gasteiger charge is -2.10. The van der Waals surface area contributed by atoms with E-state index in [9.17, 15) is 4.79 Å². The number of carbonyl (C=O) groups excluding carboxylic acids is 1. The van der Waals surface area contributed by atoms with Crippen molar-refractivity contribution in [2.75, 3.05) is 21.2 Å². The molecule has 0 spiro atoms. The van der Waals surface area contributed by atoms with Gasteiger partial charge in [-0.3, -0.25) is 4.79 Å². The summed E-state index contributed by atoms with van der Waals surface area (Å²) in [7, 11) is 5.04. The van der Waals surface area contributed by atoms with Crippen LogP contribution in [-0.4, -0.2) is 51.6 Å². The second-order valence-electron chi connectivity index (χ2n) is 6.46. The number of methoxy groups -OCH3 is 1. The van der Waals surface area contributed by atoms with Crippen LogP contribution in [0.25, 0.3) is 22.3 Å². The zero-order chi connectivity index (χ0) is 19.8. The molecule has 28 heavy (non-hydrogen) atoms. The summed E-state index contributed by atoms with van der Waals surface area (Å²) < 4.78 is 9.89. The maximum atomic E-state index is 12.1. The van der Waals surface area contributed by atoms with Crippen molar-refractivity contribution in [1.82, 2.24) is 24.5 Å². The molecule has 0 fully saturated rings. The summed E-state index contributed by atoms with van der Waals surface area (Å²) in [5, 5.41) is 10.1. The molecule has 1 amide bonds. The summed E-state index contributed by atoms with van der Waals surface area (Å²) in [6, 6.07) is 13.1. The van der Waals surface area contributed by atoms with E-state index in [0.717, 1.165) is 26.8 Å². The smallest absolute Gasteiger partial charge is 0.259 e. The van der Waals surface area contributed by atoms with Gasteiger partial charge in [-0.15, -0.1) is 5.10 Å². The molecule has 0 aliphatic rings. The minimum absolute atomic E-state index is 0.0425. The third-order valence-electron chi connectivity index (χ3n) is 4.38. The number of carbonyl (C=O) groups is 1. The van der Waals surface area contributed by atoms with Crippen molar-refractivity contribution < 1.29 is 9.53 Å². The highest BCUT2D eigenvalue weighted by Gasteiger charge is 2.16. The van der Waals surface area contributed by atoms with Gasteiger partial charge in [-0.25, -0.2) is 9.36 Å². The molecule has 0 radical (unpaired) electrons. The third kappa shape index (κ3) is 3.16. The van der Waals surface area contributed by atoms with Crippen LogP contribution in [0.1, 0.15) is 10.4 Å². The summed E-state index contributed by atoms with van der Waals surface area (Å²) in [5.74, 6) is 0.413. The van der Waals surface area contributed by atoms with Crippen molar-refractivity contribution in [2.45, 2.75) is 0 Å². The van der Waals surface area contributed by atoms with Gasteiger partial charge in [0.05, 0.1) is 24.5 Å². The Balaban J connectivity index is 1.73. The summed E-state index contributed by atoms with van der Waals surface area (Å²) >= 11 is 3.55. The maximum absolute atomic E-state index is 12.1. The van der Waals surface area contributed by atoms with Crippen molar-refractivity contribution in [2.24, 2.45) is 0 Å². The molecule has 7 nitrogen and oxygen atoms in total. The summed E-state index contributed by atoms with van der Waals surface area (Å²) in [4.78, 5) is 13.6. The number of benzene rings is 2. The van der Waals surface area contributed by atoms with E-state index in [2.05, 4.69) is 26.1 Å². The topological polar surface area (TPSA) is 65.2 Å². The fraction of sp³-hybridized carbons (Fsp3) is 0.150. The van der Waals surface area contributed by atoms with Crippen molar-refractivity contribution in [3.05, 3.63) is 64.9 Å². The van der Waals surface area contributed by atoms with E-state index in [1.54, 1.807) is 47.6 Å². The first-order chi connectivity index (χ1) is 13.5. The van der Waals surface area contributed by atoms with E-state index in [-0.39, 0.29) is 5.91 Å². The Kier molecular flexibility index (Phi) is 4.64. The molecule has 142 valence electrons. The first kappa shape index (κ1) is 18.2. The summed E-state index contributed by atoms with van der Waals surface area (Å²) in [6.45, 7) is 0. The van der Waals surface area contributed by atoms with E-state index in [4.69, 9.17) is 4.74 Å². The number of hydrogen-bond acceptors (Lipinski definition) is 4. The number of nitrogens with zero attached hydrogens (tertiary/aromatic N) is 5. The van der Waals surface area contributed by atoms with E-state index < -0.39 is 0 Å². The van der Waals surface area contributed by atoms with Gasteiger partial charge in [-0.2, -0.15) is 5.10 Å². The molecule has 4 aromatic rings. The first-order valence-electron chi connectivity index (χ1n) is 8.58. The molecule has 0 unspecified atom stereocenters. The lowest BCUT2D eigenvalue weighted by Crippen LogP contribution is -2.21. The van der Waals surface area contributed by atoms with Crippen LogP contribution in [0, 0.1) is 0 Å². The summed E-state index contributed by atoms with van der Waals surface area (Å²) in [6.07, 6.45) is 3.78. The maximum Gasteiger partial charge on any atom is 0.259 e. The van der Waals surface area contributed by atoms with Crippen LogP contribution >= 0.6 is 15.9 Å². The van der Waals surface area contributed by atoms with Crippen LogP contribution in [0.2, 0.25) is 0 Å². The van der Waals surface area contributed by atoms with Gasteiger partial charge in [-0.05, 0) is 36.4 Å². The van der Waals surface area contributed by atoms with Gasteiger partial charge in [-0.1, -0.05) is 22.0 Å². The number of aromatic nitrogens is 4. The molecule has 0 saturated heterocycles. The van der Waals surface area contributed by atoms with Crippen LogP contribution in [0.3, 0.4) is 0 Å². The number of rotatable bonds is 4. The van der Waals surface area contributed by atoms with Gasteiger partial charge >= 0.3 is 0 Å². The Hall–Kier alpha value is -3.13. The minimum Gasteiger partial charge on any atom is -0.478 e. The van der Waals surface area contributed by atoms with E-state index >= 15 is 0 Å². The van der Waals surface area contributed by atoms with Crippen LogP contribution in [0.15, 0.2) is 59.3 Å². The number of amides is 1. The molecular formula is C20H18BrN5O2. The van der Waals surface area contributed by atoms with Crippen molar-refractivity contribution in [3.8, 4) is 17.3 Å². The normalized spacial score (nSPS) is 11.0. The van der Waals surface area contributed by atoms with Crippen molar-refractivity contribution in [3.63, 3.8) is 0 Å². The predicted octanol–water partition coefficient (Wildman–Crippen LogP) is 3.68. The Morgan fingerprint density at radius 1 is 1.04 bits per heavy atom. The molecule has 8 heteroatoms. The van der Waals surface area contributed by atoms with Gasteiger partial charge in [0.2, 0.25) is 0 Å². The highest BCUT2D eigenvalue weighted by Crippen LogP contribution is 2.28. The van der Waals surface area contributed by atoms with Crippen molar-refractivity contribution >= 4 is 32.7 Å². The van der Waals surface area contributed by atoms with E-state index in [1.165, 1.54) is 0 Å². The molecule has 4 rings (SSSR count). The number of halogens is 1. The molecular weight excluding hydrogens is 422 g/mol. The van der Waals surface area contributed by atoms with Gasteiger partial charge in [0.25, 0.3) is 11.8 Å². The predicted molar refractivity (Wildman–Crippen MR) is 110 cm³/mol. The van der Waals surface area contributed by atoms with Crippen LogP contribution in [-0.2, 0) is 0 Å². The van der Waals surface area contributed by atoms with Crippen LogP contribution in [0.4, 0.5) is 0 Å². The van der Waals surface area contributed by atoms with Gasteiger partial charge in [0.15, 0.2) is 0 Å². The molecule has 0 atom stereocenters. The number of ether oxygens (including phenoxy) is 1. The van der Waals surface area contributed by atoms with Crippen molar-refractivity contribution in [1.29, 1.82) is 0 Å². The van der Waals surface area contributed by atoms with Crippen LogP contribution < -0.4 is 4.74 Å². The van der Waals surface area contributed by atoms with Gasteiger partial charge < -0.3 is 9.64 Å². The zero-order valence-electron chi connectivity index (χ0n) is 15.6. The van der Waals surface area contributed by atoms with Gasteiger partial charge in [0, 0.05) is 35.7 Å². The standard InChI is InChI=1S/C20H18BrN5O2/c1-24(2)20(27)13-7-9-14(10-8-13)25-12-18(19(23-25)28-3)26-11-15-16(21)5-4-6-17(15)22-26/h4-12H,1-3H3. The largest absolute Gasteiger partial charge is 0.478 e. The van der Waals surface area contributed by atoms with Crippen LogP contribution in [0.5, 0.6) is 5.88 Å². The lowest BCUT2D eigenvalue weighted by atomic mass is 10.2. The highest BCUT2D eigenvalue weighted by molar-refractivity contribution is 9.10. The first-order valence-corrected chi connectivity index (χ1v) is 9.37. The minimum atomic E-state index is -0.0425. The Morgan fingerprint density at radius 2 is 1.79 bits per heavy atom. The van der Waals surface area contributed by atoms with E-state index in [1.807, 2.05) is 42.7 Å². The molecule has 0 aliphatic heterocycles. The number of hydrogen-bond donors (Lipinski definition) is 0. The van der Waals surface area contributed by atoms with Gasteiger partial charge in [0.1, 0.15) is 5.69 Å². The molecule has 2 aromatic heterocycles. The fourth-order valence-corrected chi connectivity index (χ4v) is 3.39. The SMILES string of the molecule is COc1nn(-c2ccc(C(=O)N(C)C)cc2)cc1-n1cc2c(Br)cccc2n1. The Bertz CT molecular complexity index is 1160. The number of fused-ring (bicyclic) bond motifs is 1. The zero-order valence-corrected chi connectivity index (χ0v) is 17.2. The fourth-order valence-electron chi connectivity index (χ4n) is 2.93. The average Bonchev–Trinajstić information content (AvgIpc) is 3.32. The molecule has 0 N–H and O–H groups in total.